The van der Waals surface area contributed by atoms with Gasteiger partial charge in [-0.25, -0.2) is 0 Å². The first-order chi connectivity index (χ1) is 11.5. The Labute approximate surface area is 143 Å². The molecule has 0 spiro atoms. The van der Waals surface area contributed by atoms with E-state index in [-0.39, 0.29) is 25.6 Å². The number of esters is 1. The second-order valence-corrected chi connectivity index (χ2v) is 6.30. The van der Waals surface area contributed by atoms with Crippen molar-refractivity contribution in [3.63, 3.8) is 0 Å². The van der Waals surface area contributed by atoms with Crippen molar-refractivity contribution in [3.8, 4) is 0 Å². The standard InChI is InChI=1S/C17H18N2O4S/c1-12-7-8-14(24-12)17(22)19-9-15(20)18-10-16(21)23-11-13-5-3-2-4-6-13/h2-8H,9-11H2,1H3,(H,18,20)(H,19,22). The van der Waals surface area contributed by atoms with Gasteiger partial charge in [0.15, 0.2) is 0 Å². The third-order valence-corrected chi connectivity index (χ3v) is 4.05. The Balaban J connectivity index is 1.63. The number of ether oxygens (including phenoxy) is 1. The van der Waals surface area contributed by atoms with E-state index in [1.54, 1.807) is 6.07 Å². The molecule has 6 nitrogen and oxygen atoms in total. The van der Waals surface area contributed by atoms with E-state index in [0.29, 0.717) is 4.88 Å². The molecule has 0 atom stereocenters. The lowest BCUT2D eigenvalue weighted by atomic mass is 10.2. The Hall–Kier alpha value is -2.67. The predicted molar refractivity (Wildman–Crippen MR) is 90.6 cm³/mol. The second kappa shape index (κ2) is 8.83. The van der Waals surface area contributed by atoms with Crippen molar-refractivity contribution in [2.75, 3.05) is 13.1 Å². The largest absolute Gasteiger partial charge is 0.460 e. The molecule has 1 aromatic carbocycles. The molecule has 1 heterocycles. The molecule has 2 aromatic rings. The van der Waals surface area contributed by atoms with Crippen molar-refractivity contribution in [3.05, 3.63) is 57.8 Å². The zero-order valence-electron chi connectivity index (χ0n) is 13.2. The molecule has 0 saturated heterocycles. The zero-order chi connectivity index (χ0) is 17.4. The van der Waals surface area contributed by atoms with Gasteiger partial charge in [-0.05, 0) is 24.6 Å². The fourth-order valence-electron chi connectivity index (χ4n) is 1.83. The molecule has 0 aliphatic rings. The van der Waals surface area contributed by atoms with E-state index in [0.717, 1.165) is 10.4 Å². The van der Waals surface area contributed by atoms with Crippen molar-refractivity contribution in [1.29, 1.82) is 0 Å². The van der Waals surface area contributed by atoms with E-state index in [4.69, 9.17) is 4.74 Å². The van der Waals surface area contributed by atoms with Gasteiger partial charge in [-0.1, -0.05) is 30.3 Å². The van der Waals surface area contributed by atoms with Gasteiger partial charge in [0, 0.05) is 4.88 Å². The van der Waals surface area contributed by atoms with Crippen molar-refractivity contribution >= 4 is 29.1 Å². The van der Waals surface area contributed by atoms with Gasteiger partial charge in [-0.2, -0.15) is 0 Å². The summed E-state index contributed by atoms with van der Waals surface area (Å²) in [7, 11) is 0. The first-order valence-corrected chi connectivity index (χ1v) is 8.17. The molecule has 0 aliphatic carbocycles. The highest BCUT2D eigenvalue weighted by molar-refractivity contribution is 7.13. The van der Waals surface area contributed by atoms with E-state index < -0.39 is 11.9 Å². The molecular formula is C17H18N2O4S. The van der Waals surface area contributed by atoms with Crippen LogP contribution in [0.5, 0.6) is 0 Å². The highest BCUT2D eigenvalue weighted by Gasteiger charge is 2.11. The van der Waals surface area contributed by atoms with Crippen LogP contribution in [0.1, 0.15) is 20.1 Å². The number of nitrogens with one attached hydrogen (secondary N) is 2. The maximum absolute atomic E-state index is 11.8. The fraction of sp³-hybridized carbons (Fsp3) is 0.235. The lowest BCUT2D eigenvalue weighted by molar-refractivity contribution is -0.145. The molecule has 2 N–H and O–H groups in total. The monoisotopic (exact) mass is 346 g/mol. The van der Waals surface area contributed by atoms with Crippen LogP contribution in [0.3, 0.4) is 0 Å². The number of rotatable bonds is 7. The number of hydrogen-bond donors (Lipinski definition) is 2. The number of hydrogen-bond acceptors (Lipinski definition) is 5. The summed E-state index contributed by atoms with van der Waals surface area (Å²) in [5, 5.41) is 4.91. The maximum atomic E-state index is 11.8. The van der Waals surface area contributed by atoms with Gasteiger partial charge >= 0.3 is 5.97 Å². The summed E-state index contributed by atoms with van der Waals surface area (Å²) in [6, 6.07) is 12.8. The highest BCUT2D eigenvalue weighted by Crippen LogP contribution is 2.14. The van der Waals surface area contributed by atoms with Crippen LogP contribution in [-0.4, -0.2) is 30.9 Å². The van der Waals surface area contributed by atoms with Gasteiger partial charge in [0.1, 0.15) is 13.2 Å². The Morgan fingerprint density at radius 1 is 1.00 bits per heavy atom. The summed E-state index contributed by atoms with van der Waals surface area (Å²) in [4.78, 5) is 36.5. The molecular weight excluding hydrogens is 328 g/mol. The minimum atomic E-state index is -0.535. The van der Waals surface area contributed by atoms with Crippen LogP contribution in [0, 0.1) is 6.92 Å². The van der Waals surface area contributed by atoms with Crippen molar-refractivity contribution < 1.29 is 19.1 Å². The van der Waals surface area contributed by atoms with Crippen molar-refractivity contribution in [1.82, 2.24) is 10.6 Å². The lowest BCUT2D eigenvalue weighted by Gasteiger charge is -2.07. The number of carbonyl (C=O) groups is 3. The topological polar surface area (TPSA) is 84.5 Å². The van der Waals surface area contributed by atoms with Crippen LogP contribution < -0.4 is 10.6 Å². The van der Waals surface area contributed by atoms with Crippen LogP contribution in [0.25, 0.3) is 0 Å². The average Bonchev–Trinajstić information content (AvgIpc) is 3.03. The number of carbonyl (C=O) groups excluding carboxylic acids is 3. The van der Waals surface area contributed by atoms with Crippen LogP contribution in [0.15, 0.2) is 42.5 Å². The number of benzene rings is 1. The quantitative estimate of drug-likeness (QED) is 0.747. The smallest absolute Gasteiger partial charge is 0.325 e. The van der Waals surface area contributed by atoms with Crippen LogP contribution >= 0.6 is 11.3 Å². The van der Waals surface area contributed by atoms with Gasteiger partial charge in [-0.15, -0.1) is 11.3 Å². The number of aryl methyl sites for hydroxylation is 1. The first-order valence-electron chi connectivity index (χ1n) is 7.35. The normalized spacial score (nSPS) is 10.0. The molecule has 7 heteroatoms. The Kier molecular flexibility index (Phi) is 6.51. The van der Waals surface area contributed by atoms with E-state index in [2.05, 4.69) is 10.6 Å². The summed E-state index contributed by atoms with van der Waals surface area (Å²) >= 11 is 1.35. The number of amides is 2. The molecule has 0 bridgehead atoms. The van der Waals surface area contributed by atoms with Crippen LogP contribution in [0.4, 0.5) is 0 Å². The molecule has 0 fully saturated rings. The predicted octanol–water partition coefficient (Wildman–Crippen LogP) is 1.65. The zero-order valence-corrected chi connectivity index (χ0v) is 14.0. The second-order valence-electron chi connectivity index (χ2n) is 5.02. The van der Waals surface area contributed by atoms with Gasteiger partial charge in [0.2, 0.25) is 5.91 Å². The highest BCUT2D eigenvalue weighted by atomic mass is 32.1. The summed E-state index contributed by atoms with van der Waals surface area (Å²) in [6.45, 7) is 1.63. The van der Waals surface area contributed by atoms with E-state index >= 15 is 0 Å². The molecule has 0 aliphatic heterocycles. The molecule has 2 amide bonds. The molecule has 24 heavy (non-hydrogen) atoms. The van der Waals surface area contributed by atoms with Gasteiger partial charge < -0.3 is 15.4 Å². The van der Waals surface area contributed by atoms with Crippen molar-refractivity contribution in [2.24, 2.45) is 0 Å². The summed E-state index contributed by atoms with van der Waals surface area (Å²) in [5.74, 6) is -1.30. The minimum absolute atomic E-state index is 0.157. The van der Waals surface area contributed by atoms with Crippen LogP contribution in [0.2, 0.25) is 0 Å². The molecule has 126 valence electrons. The Morgan fingerprint density at radius 2 is 1.75 bits per heavy atom. The summed E-state index contributed by atoms with van der Waals surface area (Å²) in [6.07, 6.45) is 0. The third-order valence-electron chi connectivity index (χ3n) is 3.05. The number of thiophene rings is 1. The maximum Gasteiger partial charge on any atom is 0.325 e. The summed E-state index contributed by atoms with van der Waals surface area (Å²) in [5.41, 5.74) is 0.871. The lowest BCUT2D eigenvalue weighted by Crippen LogP contribution is -2.39. The van der Waals surface area contributed by atoms with Gasteiger partial charge in [-0.3, -0.25) is 14.4 Å². The van der Waals surface area contributed by atoms with Crippen LogP contribution in [-0.2, 0) is 20.9 Å². The molecule has 0 saturated carbocycles. The van der Waals surface area contributed by atoms with Gasteiger partial charge in [0.05, 0.1) is 11.4 Å². The third kappa shape index (κ3) is 5.85. The fourth-order valence-corrected chi connectivity index (χ4v) is 2.61. The van der Waals surface area contributed by atoms with E-state index in [1.165, 1.54) is 11.3 Å². The first kappa shape index (κ1) is 17.7. The molecule has 0 radical (unpaired) electrons. The van der Waals surface area contributed by atoms with E-state index in [9.17, 15) is 14.4 Å². The molecule has 2 rings (SSSR count). The Morgan fingerprint density at radius 3 is 2.42 bits per heavy atom. The summed E-state index contributed by atoms with van der Waals surface area (Å²) < 4.78 is 5.04. The van der Waals surface area contributed by atoms with Gasteiger partial charge in [0.25, 0.3) is 5.91 Å². The Bertz CT molecular complexity index is 712. The average molecular weight is 346 g/mol. The van der Waals surface area contributed by atoms with E-state index in [1.807, 2.05) is 43.3 Å². The van der Waals surface area contributed by atoms with Crippen molar-refractivity contribution in [2.45, 2.75) is 13.5 Å². The molecule has 1 aromatic heterocycles. The SMILES string of the molecule is Cc1ccc(C(=O)NCC(=O)NCC(=O)OCc2ccccc2)s1. The minimum Gasteiger partial charge on any atom is -0.460 e. The molecule has 0 unspecified atom stereocenters.